The number of amides is 3. The van der Waals surface area contributed by atoms with Crippen LogP contribution in [-0.2, 0) is 9.59 Å². The smallest absolute Gasteiger partial charge is 0.317 e. The van der Waals surface area contributed by atoms with Gasteiger partial charge in [-0.15, -0.1) is 0 Å². The Hall–Kier alpha value is -3.53. The number of piperazine rings is 1. The van der Waals surface area contributed by atoms with E-state index in [0.717, 1.165) is 0 Å². The molecule has 2 atom stereocenters. The molecule has 0 bridgehead atoms. The van der Waals surface area contributed by atoms with Gasteiger partial charge in [-0.2, -0.15) is 9.97 Å². The molecular weight excluding hydrogens is 448 g/mol. The van der Waals surface area contributed by atoms with Crippen LogP contribution < -0.4 is 10.1 Å². The number of pyridine rings is 1. The maximum Gasteiger partial charge on any atom is 0.317 e. The molecule has 10 nitrogen and oxygen atoms in total. The zero-order chi connectivity index (χ0) is 24.3. The Morgan fingerprint density at radius 2 is 1.88 bits per heavy atom. The predicted octanol–water partition coefficient (Wildman–Crippen LogP) is 1.87. The third kappa shape index (κ3) is 5.11. The van der Waals surface area contributed by atoms with E-state index in [9.17, 15) is 14.4 Å². The van der Waals surface area contributed by atoms with Gasteiger partial charge in [-0.3, -0.25) is 14.4 Å². The average molecular weight is 473 g/mol. The number of nitrogens with one attached hydrogen (secondary N) is 1. The fourth-order valence-electron chi connectivity index (χ4n) is 3.92. The van der Waals surface area contributed by atoms with Crippen molar-refractivity contribution in [3.8, 4) is 17.4 Å². The van der Waals surface area contributed by atoms with Crippen LogP contribution in [0.3, 0.4) is 0 Å². The fraction of sp³-hybridized carbons (Fsp3) is 0.364. The number of hydrogen-bond acceptors (Lipinski definition) is 7. The minimum atomic E-state index is -0.462. The van der Waals surface area contributed by atoms with Gasteiger partial charge in [-0.05, 0) is 36.8 Å². The number of ether oxygens (including phenoxy) is 1. The van der Waals surface area contributed by atoms with E-state index < -0.39 is 11.9 Å². The van der Waals surface area contributed by atoms with E-state index in [1.54, 1.807) is 21.9 Å². The van der Waals surface area contributed by atoms with Gasteiger partial charge in [0, 0.05) is 33.1 Å². The van der Waals surface area contributed by atoms with Crippen LogP contribution in [0.25, 0.3) is 11.4 Å². The summed E-state index contributed by atoms with van der Waals surface area (Å²) in [6.45, 7) is 7.60. The van der Waals surface area contributed by atoms with Crippen molar-refractivity contribution in [2.45, 2.75) is 25.9 Å². The number of aromatic nitrogens is 3. The number of carbonyl (C=O) groups excluding carboxylic acids is 3. The van der Waals surface area contributed by atoms with Crippen LogP contribution in [0.2, 0.25) is 5.15 Å². The number of nitrogens with zero attached hydrogens (tertiary/aromatic N) is 5. The topological polar surface area (TPSA) is 118 Å². The monoisotopic (exact) mass is 472 g/mol. The lowest BCUT2D eigenvalue weighted by atomic mass is 9.98. The molecule has 1 aliphatic heterocycles. The van der Waals surface area contributed by atoms with Gasteiger partial charge in [-0.1, -0.05) is 18.2 Å². The van der Waals surface area contributed by atoms with Crippen LogP contribution in [-0.4, -0.2) is 75.8 Å². The second-order valence-electron chi connectivity index (χ2n) is 7.55. The van der Waals surface area contributed by atoms with Gasteiger partial charge in [0.15, 0.2) is 0 Å². The average Bonchev–Trinajstić information content (AvgIpc) is 2.81. The molecule has 0 spiro atoms. The number of halogens is 1. The number of carbonyl (C=O) groups is 3. The van der Waals surface area contributed by atoms with Crippen molar-refractivity contribution >= 4 is 29.3 Å². The molecule has 1 aliphatic rings. The molecule has 1 fully saturated rings. The Morgan fingerprint density at radius 3 is 2.48 bits per heavy atom. The second-order valence-corrected chi connectivity index (χ2v) is 7.94. The SMILES string of the molecule is C=CC(=O)N1C[C@@H](C)N(C(C)=O)[C@H](c2cc(Cl)nc(-c3cc(C(=O)NC)nc(OC)n3)c2)C1. The standard InChI is InChI=1S/C22H25ClN6O4/c1-6-20(31)28-10-12(2)29(13(3)30)18(11-28)14-7-15(25-19(23)8-14)16-9-17(21(32)24-4)27-22(26-16)33-5/h6-9,12,18H,1,10-11H2,2-5H3,(H,24,32)/t12-,18+/m1/s1. The van der Waals surface area contributed by atoms with E-state index in [1.165, 1.54) is 33.2 Å². The van der Waals surface area contributed by atoms with Gasteiger partial charge in [0.2, 0.25) is 11.8 Å². The first-order valence-corrected chi connectivity index (χ1v) is 10.6. The fourth-order valence-corrected chi connectivity index (χ4v) is 4.14. The molecule has 2 aromatic rings. The van der Waals surface area contributed by atoms with Crippen molar-refractivity contribution < 1.29 is 19.1 Å². The van der Waals surface area contributed by atoms with Crippen LogP contribution in [0.5, 0.6) is 6.01 Å². The molecule has 3 rings (SSSR count). The van der Waals surface area contributed by atoms with Crippen LogP contribution >= 0.6 is 11.6 Å². The second kappa shape index (κ2) is 9.95. The summed E-state index contributed by atoms with van der Waals surface area (Å²) < 4.78 is 5.13. The summed E-state index contributed by atoms with van der Waals surface area (Å²) in [4.78, 5) is 53.0. The molecule has 3 amide bonds. The van der Waals surface area contributed by atoms with Crippen molar-refractivity contribution in [1.82, 2.24) is 30.1 Å². The van der Waals surface area contributed by atoms with Crippen LogP contribution in [0.15, 0.2) is 30.9 Å². The first kappa shape index (κ1) is 24.1. The lowest BCUT2D eigenvalue weighted by molar-refractivity contribution is -0.143. The van der Waals surface area contributed by atoms with E-state index in [0.29, 0.717) is 23.5 Å². The highest BCUT2D eigenvalue weighted by Crippen LogP contribution is 2.32. The molecule has 0 aliphatic carbocycles. The molecule has 0 unspecified atom stereocenters. The molecule has 3 heterocycles. The quantitative estimate of drug-likeness (QED) is 0.521. The Bertz CT molecular complexity index is 1110. The summed E-state index contributed by atoms with van der Waals surface area (Å²) in [5.41, 5.74) is 1.46. The Kier molecular flexibility index (Phi) is 7.27. The van der Waals surface area contributed by atoms with E-state index in [2.05, 4.69) is 26.8 Å². The molecule has 0 aromatic carbocycles. The summed E-state index contributed by atoms with van der Waals surface area (Å²) in [5.74, 6) is -0.758. The lowest BCUT2D eigenvalue weighted by Gasteiger charge is -2.45. The Morgan fingerprint density at radius 1 is 1.18 bits per heavy atom. The highest BCUT2D eigenvalue weighted by molar-refractivity contribution is 6.29. The summed E-state index contributed by atoms with van der Waals surface area (Å²) in [6, 6.07) is 4.17. The molecule has 33 heavy (non-hydrogen) atoms. The van der Waals surface area contributed by atoms with Gasteiger partial charge in [0.1, 0.15) is 10.8 Å². The van der Waals surface area contributed by atoms with E-state index in [4.69, 9.17) is 16.3 Å². The predicted molar refractivity (Wildman–Crippen MR) is 122 cm³/mol. The molecule has 2 aromatic heterocycles. The third-order valence-corrected chi connectivity index (χ3v) is 5.54. The molecule has 0 radical (unpaired) electrons. The van der Waals surface area contributed by atoms with Crippen LogP contribution in [0, 0.1) is 0 Å². The highest BCUT2D eigenvalue weighted by atomic mass is 35.5. The van der Waals surface area contributed by atoms with E-state index >= 15 is 0 Å². The third-order valence-electron chi connectivity index (χ3n) is 5.35. The normalized spacial score (nSPS) is 18.0. The summed E-state index contributed by atoms with van der Waals surface area (Å²) >= 11 is 6.35. The van der Waals surface area contributed by atoms with Gasteiger partial charge >= 0.3 is 6.01 Å². The molecule has 0 saturated carbocycles. The van der Waals surface area contributed by atoms with Crippen molar-refractivity contribution in [2.24, 2.45) is 0 Å². The Labute approximate surface area is 196 Å². The van der Waals surface area contributed by atoms with Crippen LogP contribution in [0.1, 0.15) is 35.9 Å². The summed E-state index contributed by atoms with van der Waals surface area (Å²) in [7, 11) is 2.88. The van der Waals surface area contributed by atoms with Crippen molar-refractivity contribution in [2.75, 3.05) is 27.2 Å². The first-order chi connectivity index (χ1) is 15.7. The molecule has 174 valence electrons. The van der Waals surface area contributed by atoms with E-state index in [1.807, 2.05) is 6.92 Å². The van der Waals surface area contributed by atoms with Gasteiger partial charge in [0.05, 0.1) is 24.5 Å². The minimum absolute atomic E-state index is 0.00571. The number of methoxy groups -OCH3 is 1. The number of hydrogen-bond donors (Lipinski definition) is 1. The highest BCUT2D eigenvalue weighted by Gasteiger charge is 2.36. The van der Waals surface area contributed by atoms with Crippen molar-refractivity contribution in [3.63, 3.8) is 0 Å². The maximum atomic E-state index is 12.5. The van der Waals surface area contributed by atoms with Crippen molar-refractivity contribution in [1.29, 1.82) is 0 Å². The lowest BCUT2D eigenvalue weighted by Crippen LogP contribution is -2.56. The molecule has 1 saturated heterocycles. The van der Waals surface area contributed by atoms with Gasteiger partial charge in [0.25, 0.3) is 5.91 Å². The van der Waals surface area contributed by atoms with Gasteiger partial charge in [-0.25, -0.2) is 4.98 Å². The van der Waals surface area contributed by atoms with Crippen LogP contribution in [0.4, 0.5) is 0 Å². The molecular formula is C22H25ClN6O4. The maximum absolute atomic E-state index is 12.5. The minimum Gasteiger partial charge on any atom is -0.467 e. The first-order valence-electron chi connectivity index (χ1n) is 10.2. The summed E-state index contributed by atoms with van der Waals surface area (Å²) in [5, 5.41) is 2.68. The molecule has 11 heteroatoms. The number of rotatable bonds is 5. The van der Waals surface area contributed by atoms with E-state index in [-0.39, 0.29) is 41.3 Å². The zero-order valence-electron chi connectivity index (χ0n) is 18.8. The largest absolute Gasteiger partial charge is 0.467 e. The zero-order valence-corrected chi connectivity index (χ0v) is 19.6. The van der Waals surface area contributed by atoms with Crippen molar-refractivity contribution in [3.05, 3.63) is 47.3 Å². The molecule has 1 N–H and O–H groups in total. The Balaban J connectivity index is 2.11. The van der Waals surface area contributed by atoms with Gasteiger partial charge < -0.3 is 19.9 Å². The summed E-state index contributed by atoms with van der Waals surface area (Å²) in [6.07, 6.45) is 1.26.